The molecule has 0 unspecified atom stereocenters. The molecule has 2 aromatic heterocycles. The number of piperazine rings is 1. The lowest BCUT2D eigenvalue weighted by molar-refractivity contribution is 0.582. The minimum atomic E-state index is -0.185. The van der Waals surface area contributed by atoms with Crippen LogP contribution in [0.3, 0.4) is 0 Å². The summed E-state index contributed by atoms with van der Waals surface area (Å²) in [5.74, 6) is 0.576. The zero-order valence-corrected chi connectivity index (χ0v) is 17.5. The van der Waals surface area contributed by atoms with Gasteiger partial charge in [0.2, 0.25) is 5.95 Å². The maximum atomic E-state index is 14.1. The van der Waals surface area contributed by atoms with E-state index in [9.17, 15) is 9.18 Å². The fourth-order valence-corrected chi connectivity index (χ4v) is 5.86. The van der Waals surface area contributed by atoms with Gasteiger partial charge in [-0.25, -0.2) is 9.37 Å². The van der Waals surface area contributed by atoms with Gasteiger partial charge >= 0.3 is 0 Å². The zero-order valence-electron chi connectivity index (χ0n) is 16.7. The third kappa shape index (κ3) is 3.12. The van der Waals surface area contributed by atoms with E-state index >= 15 is 0 Å². The summed E-state index contributed by atoms with van der Waals surface area (Å²) in [5.41, 5.74) is 1.99. The Morgan fingerprint density at radius 2 is 1.79 bits per heavy atom. The molecule has 1 fully saturated rings. The van der Waals surface area contributed by atoms with Crippen LogP contribution in [0.2, 0.25) is 0 Å². The van der Waals surface area contributed by atoms with Gasteiger partial charge in [0.15, 0.2) is 0 Å². The van der Waals surface area contributed by atoms with Gasteiger partial charge < -0.3 is 9.80 Å². The van der Waals surface area contributed by atoms with Crippen LogP contribution in [0.15, 0.2) is 29.1 Å². The first kappa shape index (κ1) is 18.6. The quantitative estimate of drug-likeness (QED) is 0.656. The first-order valence-electron chi connectivity index (χ1n) is 10.5. The van der Waals surface area contributed by atoms with Crippen LogP contribution >= 0.6 is 11.3 Å². The number of hydrogen-bond donors (Lipinski definition) is 0. The van der Waals surface area contributed by atoms with Gasteiger partial charge in [0.25, 0.3) is 5.56 Å². The summed E-state index contributed by atoms with van der Waals surface area (Å²) in [5, 5.41) is 0.847. The van der Waals surface area contributed by atoms with E-state index in [2.05, 4.69) is 9.80 Å². The van der Waals surface area contributed by atoms with Crippen molar-refractivity contribution in [3.05, 3.63) is 50.9 Å². The highest BCUT2D eigenvalue weighted by Gasteiger charge is 2.26. The van der Waals surface area contributed by atoms with Gasteiger partial charge in [0, 0.05) is 37.6 Å². The Labute approximate surface area is 173 Å². The van der Waals surface area contributed by atoms with E-state index in [1.54, 1.807) is 17.4 Å². The predicted molar refractivity (Wildman–Crippen MR) is 117 cm³/mol. The molecule has 0 N–H and O–H groups in total. The number of hydrogen-bond acceptors (Lipinski definition) is 5. The summed E-state index contributed by atoms with van der Waals surface area (Å²) in [7, 11) is 0. The minimum absolute atomic E-state index is 0.100. The highest BCUT2D eigenvalue weighted by atomic mass is 32.1. The highest BCUT2D eigenvalue weighted by Crippen LogP contribution is 2.34. The monoisotopic (exact) mass is 412 g/mol. The topological polar surface area (TPSA) is 41.4 Å². The zero-order chi connectivity index (χ0) is 20.0. The summed E-state index contributed by atoms with van der Waals surface area (Å²) in [4.78, 5) is 24.8. The van der Waals surface area contributed by atoms with E-state index in [4.69, 9.17) is 4.98 Å². The Kier molecular flexibility index (Phi) is 4.78. The smallest absolute Gasteiger partial charge is 0.263 e. The van der Waals surface area contributed by atoms with Gasteiger partial charge in [-0.3, -0.25) is 9.36 Å². The molecule has 1 saturated heterocycles. The van der Waals surface area contributed by atoms with Gasteiger partial charge in [0.1, 0.15) is 10.6 Å². The van der Waals surface area contributed by atoms with Crippen molar-refractivity contribution in [2.75, 3.05) is 36.0 Å². The van der Waals surface area contributed by atoms with Crippen LogP contribution < -0.4 is 15.4 Å². The van der Waals surface area contributed by atoms with E-state index in [0.717, 1.165) is 48.5 Å². The average molecular weight is 413 g/mol. The molecule has 2 aliphatic rings. The minimum Gasteiger partial charge on any atom is -0.366 e. The number of rotatable bonds is 3. The first-order valence-corrected chi connectivity index (χ1v) is 11.3. The van der Waals surface area contributed by atoms with Crippen LogP contribution in [0, 0.1) is 5.82 Å². The lowest BCUT2D eigenvalue weighted by Gasteiger charge is -2.37. The molecule has 0 saturated carbocycles. The number of benzene rings is 1. The summed E-state index contributed by atoms with van der Waals surface area (Å²) in [6.45, 7) is 5.47. The SMILES string of the molecule is CCn1c(N2CCN(c3ccccc3F)CC2)nc2sc3c(c2c1=O)CCCC3. The molecule has 29 heavy (non-hydrogen) atoms. The van der Waals surface area contributed by atoms with Crippen molar-refractivity contribution in [3.63, 3.8) is 0 Å². The molecule has 5 nitrogen and oxygen atoms in total. The molecule has 7 heteroatoms. The molecule has 0 atom stereocenters. The van der Waals surface area contributed by atoms with Crippen molar-refractivity contribution in [3.8, 4) is 0 Å². The van der Waals surface area contributed by atoms with Crippen molar-refractivity contribution < 1.29 is 4.39 Å². The largest absolute Gasteiger partial charge is 0.366 e. The normalized spacial score (nSPS) is 17.0. The molecule has 3 heterocycles. The Morgan fingerprint density at radius 3 is 2.55 bits per heavy atom. The lowest BCUT2D eigenvalue weighted by atomic mass is 9.97. The van der Waals surface area contributed by atoms with Crippen LogP contribution in [-0.2, 0) is 19.4 Å². The third-order valence-electron chi connectivity index (χ3n) is 6.13. The fraction of sp³-hybridized carbons (Fsp3) is 0.455. The number of thiophene rings is 1. The number of aromatic nitrogens is 2. The molecule has 3 aromatic rings. The number of halogens is 1. The van der Waals surface area contributed by atoms with Crippen LogP contribution in [0.5, 0.6) is 0 Å². The molecule has 0 amide bonds. The van der Waals surface area contributed by atoms with Gasteiger partial charge in [-0.05, 0) is 50.3 Å². The summed E-state index contributed by atoms with van der Waals surface area (Å²) >= 11 is 1.70. The standard InChI is InChI=1S/C22H25FN4OS/c1-2-27-21(28)19-15-7-3-6-10-18(15)29-20(19)24-22(27)26-13-11-25(12-14-26)17-9-5-4-8-16(17)23/h4-5,8-9H,2-3,6-7,10-14H2,1H3. The Balaban J connectivity index is 1.48. The number of anilines is 2. The maximum Gasteiger partial charge on any atom is 0.263 e. The summed E-state index contributed by atoms with van der Waals surface area (Å²) in [6.07, 6.45) is 4.42. The Hall–Kier alpha value is -2.41. The van der Waals surface area contributed by atoms with Crippen LogP contribution in [0.25, 0.3) is 10.2 Å². The molecule has 1 aromatic carbocycles. The van der Waals surface area contributed by atoms with Gasteiger partial charge in [-0.2, -0.15) is 0 Å². The lowest BCUT2D eigenvalue weighted by Crippen LogP contribution is -2.48. The van der Waals surface area contributed by atoms with E-state index in [1.807, 2.05) is 23.6 Å². The van der Waals surface area contributed by atoms with Crippen LogP contribution in [-0.4, -0.2) is 35.7 Å². The van der Waals surface area contributed by atoms with Crippen molar-refractivity contribution in [2.24, 2.45) is 0 Å². The van der Waals surface area contributed by atoms with E-state index in [1.165, 1.54) is 22.9 Å². The van der Waals surface area contributed by atoms with Gasteiger partial charge in [-0.15, -0.1) is 11.3 Å². The van der Waals surface area contributed by atoms with Crippen molar-refractivity contribution in [1.29, 1.82) is 0 Å². The van der Waals surface area contributed by atoms with Crippen molar-refractivity contribution >= 4 is 33.2 Å². The second kappa shape index (κ2) is 7.44. The number of para-hydroxylation sites is 1. The second-order valence-corrected chi connectivity index (χ2v) is 8.86. The van der Waals surface area contributed by atoms with E-state index < -0.39 is 0 Å². The van der Waals surface area contributed by atoms with Gasteiger partial charge in [-0.1, -0.05) is 12.1 Å². The molecule has 1 aliphatic carbocycles. The molecule has 0 spiro atoms. The number of fused-ring (bicyclic) bond motifs is 3. The van der Waals surface area contributed by atoms with Crippen molar-refractivity contribution in [2.45, 2.75) is 39.2 Å². The molecule has 152 valence electrons. The molecule has 0 bridgehead atoms. The van der Waals surface area contributed by atoms with Crippen molar-refractivity contribution in [1.82, 2.24) is 9.55 Å². The second-order valence-electron chi connectivity index (χ2n) is 7.78. The number of aryl methyl sites for hydroxylation is 2. The Bertz CT molecular complexity index is 1110. The van der Waals surface area contributed by atoms with Crippen LogP contribution in [0.4, 0.5) is 16.0 Å². The van der Waals surface area contributed by atoms with E-state index in [-0.39, 0.29) is 11.4 Å². The fourth-order valence-electron chi connectivity index (χ4n) is 4.61. The predicted octanol–water partition coefficient (Wildman–Crippen LogP) is 3.82. The average Bonchev–Trinajstić information content (AvgIpc) is 3.13. The van der Waals surface area contributed by atoms with E-state index in [0.29, 0.717) is 25.3 Å². The molecule has 5 rings (SSSR count). The number of nitrogens with zero attached hydrogens (tertiary/aromatic N) is 4. The first-order chi connectivity index (χ1) is 14.2. The molecule has 0 radical (unpaired) electrons. The summed E-state index contributed by atoms with van der Waals surface area (Å²) in [6, 6.07) is 6.92. The maximum absolute atomic E-state index is 14.1. The summed E-state index contributed by atoms with van der Waals surface area (Å²) < 4.78 is 16.0. The molecular weight excluding hydrogens is 387 g/mol. The van der Waals surface area contributed by atoms with Crippen LogP contribution in [0.1, 0.15) is 30.2 Å². The van der Waals surface area contributed by atoms with Gasteiger partial charge in [0.05, 0.1) is 11.1 Å². The Morgan fingerprint density at radius 1 is 1.07 bits per heavy atom. The highest BCUT2D eigenvalue weighted by molar-refractivity contribution is 7.18. The molecule has 1 aliphatic heterocycles. The third-order valence-corrected chi connectivity index (χ3v) is 7.31. The molecular formula is C22H25FN4OS.